The highest BCUT2D eigenvalue weighted by Gasteiger charge is 2.27. The molecule has 0 amide bonds. The average Bonchev–Trinajstić information content (AvgIpc) is 3.71. The molecule has 0 bridgehead atoms. The zero-order chi connectivity index (χ0) is 51.0. The minimum Gasteiger partial charge on any atom is -0.458 e. The van der Waals surface area contributed by atoms with E-state index >= 15 is 0 Å². The lowest BCUT2D eigenvalue weighted by molar-refractivity contribution is -0.157. The first-order chi connectivity index (χ1) is 34.7. The summed E-state index contributed by atoms with van der Waals surface area (Å²) >= 11 is 0. The standard InChI is InChI=1S/C62H113N7O2/c1-7-11-14-17-20-23-26-29-32-39-47-67(48-40-33-30-27-24-21-18-15-12-8-2)51-43-52-68(49-41-34-31-28-25-22-19-16-13-9-3)50-42-35-36-46-58(70)71-62(5,6)54-69-57(53-64-10-4)66-59-60(69)55-44-37-38-45-56(55)65-61(59)63/h37-38,44-45,64H,7-36,39-43,46-54H2,1-6H3,(H2,63,65). The molecule has 9 nitrogen and oxygen atoms in total. The van der Waals surface area contributed by atoms with Gasteiger partial charge in [0.05, 0.1) is 24.1 Å². The molecular weight excluding hydrogens is 875 g/mol. The summed E-state index contributed by atoms with van der Waals surface area (Å²) in [6.07, 6.45) is 46.6. The summed E-state index contributed by atoms with van der Waals surface area (Å²) in [5.74, 6) is 1.17. The minimum atomic E-state index is -0.731. The molecule has 0 saturated carbocycles. The number of anilines is 1. The first-order valence-electron chi connectivity index (χ1n) is 30.6. The van der Waals surface area contributed by atoms with Crippen LogP contribution in [0.3, 0.4) is 0 Å². The molecule has 2 heterocycles. The van der Waals surface area contributed by atoms with Gasteiger partial charge in [0.25, 0.3) is 0 Å². The molecule has 0 radical (unpaired) electrons. The summed E-state index contributed by atoms with van der Waals surface area (Å²) in [7, 11) is 0. The van der Waals surface area contributed by atoms with E-state index in [0.717, 1.165) is 54.6 Å². The van der Waals surface area contributed by atoms with Crippen LogP contribution in [0.15, 0.2) is 24.3 Å². The van der Waals surface area contributed by atoms with Crippen LogP contribution >= 0.6 is 0 Å². The molecule has 0 aliphatic carbocycles. The number of nitrogens with two attached hydrogens (primary N) is 1. The number of para-hydroxylation sites is 1. The second kappa shape index (κ2) is 40.6. The number of carbonyl (C=O) groups is 1. The summed E-state index contributed by atoms with van der Waals surface area (Å²) < 4.78 is 8.43. The van der Waals surface area contributed by atoms with Crippen LogP contribution < -0.4 is 11.1 Å². The number of imidazole rings is 1. The number of aromatic nitrogens is 3. The van der Waals surface area contributed by atoms with Crippen molar-refractivity contribution in [1.82, 2.24) is 29.7 Å². The predicted molar refractivity (Wildman–Crippen MR) is 308 cm³/mol. The van der Waals surface area contributed by atoms with Gasteiger partial charge in [-0.2, -0.15) is 0 Å². The van der Waals surface area contributed by atoms with Gasteiger partial charge in [0.2, 0.25) is 0 Å². The van der Waals surface area contributed by atoms with Crippen LogP contribution in [0.5, 0.6) is 0 Å². The predicted octanol–water partition coefficient (Wildman–Crippen LogP) is 16.9. The van der Waals surface area contributed by atoms with Crippen molar-refractivity contribution in [3.63, 3.8) is 0 Å². The van der Waals surface area contributed by atoms with E-state index in [1.165, 1.54) is 232 Å². The van der Waals surface area contributed by atoms with E-state index in [4.69, 9.17) is 15.5 Å². The SMILES string of the molecule is CCCCCCCCCCCCN(CCCCCCCCCCCC)CCCN(CCCCCCCCCCCC)CCCCCC(=O)OC(C)(C)Cn1c(CNCC)nc2c(N)nc3ccccc3c21. The molecule has 0 atom stereocenters. The van der Waals surface area contributed by atoms with Gasteiger partial charge >= 0.3 is 5.97 Å². The number of nitrogens with zero attached hydrogens (tertiary/aromatic N) is 5. The van der Waals surface area contributed by atoms with Gasteiger partial charge in [-0.25, -0.2) is 9.97 Å². The maximum atomic E-state index is 13.5. The van der Waals surface area contributed by atoms with E-state index < -0.39 is 5.60 Å². The number of nitrogens with one attached hydrogen (secondary N) is 1. The number of pyridine rings is 1. The molecule has 0 saturated heterocycles. The fourth-order valence-corrected chi connectivity index (χ4v) is 10.7. The third-order valence-corrected chi connectivity index (χ3v) is 14.9. The largest absolute Gasteiger partial charge is 0.458 e. The van der Waals surface area contributed by atoms with E-state index in [2.05, 4.69) is 58.4 Å². The second-order valence-corrected chi connectivity index (χ2v) is 22.2. The van der Waals surface area contributed by atoms with E-state index in [0.29, 0.717) is 30.8 Å². The Balaban J connectivity index is 1.51. The number of carbonyl (C=O) groups excluding carboxylic acids is 1. The van der Waals surface area contributed by atoms with Crippen LogP contribution in [-0.2, 0) is 22.6 Å². The molecule has 9 heteroatoms. The van der Waals surface area contributed by atoms with Gasteiger partial charge in [0, 0.05) is 11.8 Å². The Morgan fingerprint density at radius 2 is 0.944 bits per heavy atom. The lowest BCUT2D eigenvalue weighted by Gasteiger charge is -2.27. The zero-order valence-electron chi connectivity index (χ0n) is 47.6. The van der Waals surface area contributed by atoms with Crippen LogP contribution in [0, 0.1) is 0 Å². The van der Waals surface area contributed by atoms with Gasteiger partial charge < -0.3 is 30.2 Å². The molecule has 0 fully saturated rings. The zero-order valence-corrected chi connectivity index (χ0v) is 47.6. The first kappa shape index (κ1) is 62.5. The van der Waals surface area contributed by atoms with Crippen molar-refractivity contribution < 1.29 is 9.53 Å². The number of hydrogen-bond donors (Lipinski definition) is 2. The summed E-state index contributed by atoms with van der Waals surface area (Å²) in [4.78, 5) is 28.7. The molecule has 3 aromatic rings. The van der Waals surface area contributed by atoms with Crippen molar-refractivity contribution in [2.75, 3.05) is 51.5 Å². The Morgan fingerprint density at radius 3 is 1.38 bits per heavy atom. The van der Waals surface area contributed by atoms with Crippen molar-refractivity contribution >= 4 is 33.7 Å². The van der Waals surface area contributed by atoms with Crippen molar-refractivity contribution in [2.24, 2.45) is 0 Å². The van der Waals surface area contributed by atoms with Crippen LogP contribution in [0.25, 0.3) is 21.9 Å². The van der Waals surface area contributed by atoms with Gasteiger partial charge in [0.15, 0.2) is 5.82 Å². The quantitative estimate of drug-likeness (QED) is 0.0426. The molecule has 0 spiro atoms. The molecule has 71 heavy (non-hydrogen) atoms. The number of rotatable bonds is 49. The highest BCUT2D eigenvalue weighted by atomic mass is 16.6. The number of ether oxygens (including phenoxy) is 1. The van der Waals surface area contributed by atoms with Gasteiger partial charge in [0.1, 0.15) is 16.9 Å². The fourth-order valence-electron chi connectivity index (χ4n) is 10.7. The topological polar surface area (TPSA) is 102 Å². The van der Waals surface area contributed by atoms with E-state index in [9.17, 15) is 4.79 Å². The van der Waals surface area contributed by atoms with Crippen LogP contribution in [-0.4, -0.2) is 81.7 Å². The maximum Gasteiger partial charge on any atom is 0.306 e. The fraction of sp³-hybridized carbons (Fsp3) is 0.823. The van der Waals surface area contributed by atoms with Gasteiger partial charge in [-0.1, -0.05) is 226 Å². The monoisotopic (exact) mass is 988 g/mol. The number of nitrogen functional groups attached to an aromatic ring is 1. The molecule has 3 N–H and O–H groups in total. The van der Waals surface area contributed by atoms with Gasteiger partial charge in [-0.3, -0.25) is 4.79 Å². The Labute approximate surface area is 437 Å². The number of benzene rings is 1. The molecular formula is C62H113N7O2. The highest BCUT2D eigenvalue weighted by molar-refractivity contribution is 6.06. The number of unbranched alkanes of at least 4 members (excludes halogenated alkanes) is 29. The third kappa shape index (κ3) is 28.5. The first-order valence-corrected chi connectivity index (χ1v) is 30.6. The molecule has 3 rings (SSSR count). The van der Waals surface area contributed by atoms with Crippen molar-refractivity contribution in [3.05, 3.63) is 30.1 Å². The summed E-state index contributed by atoms with van der Waals surface area (Å²) in [6, 6.07) is 8.07. The Bertz CT molecular complexity index is 1720. The van der Waals surface area contributed by atoms with E-state index in [1.54, 1.807) is 0 Å². The van der Waals surface area contributed by atoms with E-state index in [-0.39, 0.29) is 5.97 Å². The minimum absolute atomic E-state index is 0.120. The van der Waals surface area contributed by atoms with Crippen LogP contribution in [0.2, 0.25) is 0 Å². The van der Waals surface area contributed by atoms with Crippen molar-refractivity contribution in [1.29, 1.82) is 0 Å². The highest BCUT2D eigenvalue weighted by Crippen LogP contribution is 2.31. The Hall–Kier alpha value is -2.75. The third-order valence-electron chi connectivity index (χ3n) is 14.9. The normalized spacial score (nSPS) is 12.2. The molecule has 0 aliphatic rings. The van der Waals surface area contributed by atoms with Crippen molar-refractivity contribution in [3.8, 4) is 0 Å². The molecule has 408 valence electrons. The summed E-state index contributed by atoms with van der Waals surface area (Å²) in [5, 5.41) is 4.43. The van der Waals surface area contributed by atoms with E-state index in [1.807, 2.05) is 32.0 Å². The second-order valence-electron chi connectivity index (χ2n) is 22.2. The molecule has 2 aromatic heterocycles. The van der Waals surface area contributed by atoms with Crippen LogP contribution in [0.1, 0.15) is 272 Å². The van der Waals surface area contributed by atoms with Crippen molar-refractivity contribution in [2.45, 2.75) is 285 Å². The molecule has 0 unspecified atom stereocenters. The average molecular weight is 989 g/mol. The lowest BCUT2D eigenvalue weighted by Crippen LogP contribution is -2.34. The summed E-state index contributed by atoms with van der Waals surface area (Å²) in [5.41, 5.74) is 8.22. The van der Waals surface area contributed by atoms with Gasteiger partial charge in [-0.05, 0) is 104 Å². The summed E-state index contributed by atoms with van der Waals surface area (Å²) in [6.45, 7) is 22.3. The number of hydrogen-bond acceptors (Lipinski definition) is 8. The Kier molecular flexibility index (Phi) is 35.8. The maximum absolute atomic E-state index is 13.5. The molecule has 0 aliphatic heterocycles. The molecule has 1 aromatic carbocycles. The smallest absolute Gasteiger partial charge is 0.306 e. The number of esters is 1. The number of fused-ring (bicyclic) bond motifs is 3. The Morgan fingerprint density at radius 1 is 0.549 bits per heavy atom. The van der Waals surface area contributed by atoms with Crippen LogP contribution in [0.4, 0.5) is 5.82 Å². The van der Waals surface area contributed by atoms with Gasteiger partial charge in [-0.15, -0.1) is 0 Å². The lowest BCUT2D eigenvalue weighted by atomic mass is 10.1.